The summed E-state index contributed by atoms with van der Waals surface area (Å²) in [6.45, 7) is 6.55. The molecule has 0 amide bonds. The smallest absolute Gasteiger partial charge is 0.0620 e. The minimum absolute atomic E-state index is 0.446. The summed E-state index contributed by atoms with van der Waals surface area (Å²) >= 11 is 2.02. The molecular weight excluding hydrogens is 170 g/mol. The quantitative estimate of drug-likeness (QED) is 0.505. The molecule has 0 spiro atoms. The van der Waals surface area contributed by atoms with E-state index >= 15 is 0 Å². The van der Waals surface area contributed by atoms with Crippen LogP contribution in [0, 0.1) is 5.92 Å². The molecule has 1 saturated heterocycles. The molecule has 2 nitrogen and oxygen atoms in total. The maximum Gasteiger partial charge on any atom is 0.0620 e. The number of oxime groups is 1. The second-order valence-electron chi connectivity index (χ2n) is 3.48. The molecule has 1 aliphatic rings. The first-order valence-electron chi connectivity index (χ1n) is 4.55. The predicted molar refractivity (Wildman–Crippen MR) is 54.1 cm³/mol. The largest absolute Gasteiger partial charge is 0.411 e. The number of hydrogen-bond acceptors (Lipinski definition) is 3. The average molecular weight is 187 g/mol. The van der Waals surface area contributed by atoms with Crippen LogP contribution < -0.4 is 0 Å². The number of hydrogen-bond donors (Lipinski definition) is 1. The Morgan fingerprint density at radius 3 is 2.75 bits per heavy atom. The van der Waals surface area contributed by atoms with Gasteiger partial charge < -0.3 is 5.21 Å². The van der Waals surface area contributed by atoms with E-state index in [4.69, 9.17) is 5.21 Å². The van der Waals surface area contributed by atoms with E-state index < -0.39 is 0 Å². The number of nitrogens with zero attached hydrogens (tertiary/aromatic N) is 1. The molecule has 70 valence electrons. The van der Waals surface area contributed by atoms with E-state index in [9.17, 15) is 0 Å². The molecule has 1 heterocycles. The van der Waals surface area contributed by atoms with Crippen molar-refractivity contribution in [3.05, 3.63) is 0 Å². The van der Waals surface area contributed by atoms with Crippen LogP contribution in [0.15, 0.2) is 5.16 Å². The van der Waals surface area contributed by atoms with E-state index in [2.05, 4.69) is 25.9 Å². The molecular formula is C9H17NOS. The molecule has 0 saturated carbocycles. The third-order valence-electron chi connectivity index (χ3n) is 2.52. The van der Waals surface area contributed by atoms with Gasteiger partial charge in [-0.3, -0.25) is 0 Å². The molecule has 3 atom stereocenters. The van der Waals surface area contributed by atoms with Crippen molar-refractivity contribution >= 4 is 17.5 Å². The van der Waals surface area contributed by atoms with Crippen molar-refractivity contribution < 1.29 is 5.21 Å². The molecule has 12 heavy (non-hydrogen) atoms. The summed E-state index contributed by atoms with van der Waals surface area (Å²) in [5, 5.41) is 13.4. The van der Waals surface area contributed by atoms with E-state index in [-0.39, 0.29) is 0 Å². The standard InChI is InChI=1S/C9H17NOS/c1-4-9-7(3)8(10-11)5-6(2)12-9/h6-7,9,11H,4-5H2,1-3H3/b10-8-/t6-,7+,9+/m1/s1. The first-order chi connectivity index (χ1) is 5.69. The van der Waals surface area contributed by atoms with Gasteiger partial charge in [-0.05, 0) is 6.42 Å². The van der Waals surface area contributed by atoms with E-state index in [1.165, 1.54) is 0 Å². The normalized spacial score (nSPS) is 40.2. The Labute approximate surface area is 78.4 Å². The average Bonchev–Trinajstić information content (AvgIpc) is 2.08. The van der Waals surface area contributed by atoms with Crippen LogP contribution in [-0.2, 0) is 0 Å². The molecule has 0 bridgehead atoms. The van der Waals surface area contributed by atoms with Crippen molar-refractivity contribution in [2.45, 2.75) is 44.1 Å². The molecule has 0 unspecified atom stereocenters. The van der Waals surface area contributed by atoms with Gasteiger partial charge in [-0.2, -0.15) is 11.8 Å². The lowest BCUT2D eigenvalue weighted by Crippen LogP contribution is -2.32. The molecule has 0 aliphatic carbocycles. The van der Waals surface area contributed by atoms with Crippen molar-refractivity contribution in [2.24, 2.45) is 11.1 Å². The second-order valence-corrected chi connectivity index (χ2v) is 5.16. The Balaban J connectivity index is 2.68. The van der Waals surface area contributed by atoms with Crippen LogP contribution >= 0.6 is 11.8 Å². The Kier molecular flexibility index (Phi) is 3.44. The fourth-order valence-electron chi connectivity index (χ4n) is 1.74. The van der Waals surface area contributed by atoms with Crippen molar-refractivity contribution in [1.29, 1.82) is 0 Å². The van der Waals surface area contributed by atoms with Gasteiger partial charge in [0.2, 0.25) is 0 Å². The van der Waals surface area contributed by atoms with Crippen LogP contribution in [-0.4, -0.2) is 21.4 Å². The number of thioether (sulfide) groups is 1. The molecule has 1 N–H and O–H groups in total. The van der Waals surface area contributed by atoms with Gasteiger partial charge >= 0.3 is 0 Å². The van der Waals surface area contributed by atoms with E-state index in [1.807, 2.05) is 11.8 Å². The van der Waals surface area contributed by atoms with Crippen LogP contribution in [0.4, 0.5) is 0 Å². The Morgan fingerprint density at radius 2 is 2.25 bits per heavy atom. The van der Waals surface area contributed by atoms with Crippen molar-refractivity contribution in [3.63, 3.8) is 0 Å². The molecule has 1 aliphatic heterocycles. The highest BCUT2D eigenvalue weighted by molar-refractivity contribution is 8.00. The summed E-state index contributed by atoms with van der Waals surface area (Å²) in [5.74, 6) is 0.446. The maximum absolute atomic E-state index is 8.77. The van der Waals surface area contributed by atoms with Gasteiger partial charge in [-0.25, -0.2) is 0 Å². The molecule has 0 aromatic carbocycles. The summed E-state index contributed by atoms with van der Waals surface area (Å²) in [5.41, 5.74) is 0.980. The van der Waals surface area contributed by atoms with Crippen LogP contribution in [0.1, 0.15) is 33.6 Å². The highest BCUT2D eigenvalue weighted by atomic mass is 32.2. The van der Waals surface area contributed by atoms with Crippen LogP contribution in [0.25, 0.3) is 0 Å². The van der Waals surface area contributed by atoms with Crippen LogP contribution in [0.5, 0.6) is 0 Å². The minimum atomic E-state index is 0.446. The summed E-state index contributed by atoms with van der Waals surface area (Å²) in [4.78, 5) is 0. The summed E-state index contributed by atoms with van der Waals surface area (Å²) in [6, 6.07) is 0. The Bertz CT molecular complexity index is 181. The molecule has 3 heteroatoms. The van der Waals surface area contributed by atoms with Crippen molar-refractivity contribution in [2.75, 3.05) is 0 Å². The first kappa shape index (κ1) is 9.90. The molecule has 0 aromatic rings. The van der Waals surface area contributed by atoms with Gasteiger partial charge in [-0.1, -0.05) is 25.9 Å². The lowest BCUT2D eigenvalue weighted by atomic mass is 9.95. The number of rotatable bonds is 1. The van der Waals surface area contributed by atoms with E-state index in [1.54, 1.807) is 0 Å². The van der Waals surface area contributed by atoms with Gasteiger partial charge in [0.1, 0.15) is 0 Å². The minimum Gasteiger partial charge on any atom is -0.411 e. The van der Waals surface area contributed by atoms with E-state index in [0.717, 1.165) is 18.6 Å². The summed E-state index contributed by atoms with van der Waals surface area (Å²) in [6.07, 6.45) is 2.11. The monoisotopic (exact) mass is 187 g/mol. The summed E-state index contributed by atoms with van der Waals surface area (Å²) < 4.78 is 0. The first-order valence-corrected chi connectivity index (χ1v) is 5.49. The van der Waals surface area contributed by atoms with Gasteiger partial charge in [-0.15, -0.1) is 0 Å². The maximum atomic E-state index is 8.77. The SMILES string of the molecule is CC[C@@H]1S[C@H](C)C/C(=N/O)[C@@H]1C. The van der Waals surface area contributed by atoms with Crippen LogP contribution in [0.3, 0.4) is 0 Å². The van der Waals surface area contributed by atoms with Gasteiger partial charge in [0.25, 0.3) is 0 Å². The highest BCUT2D eigenvalue weighted by Gasteiger charge is 2.29. The zero-order chi connectivity index (χ0) is 9.14. The predicted octanol–water partition coefficient (Wildman–Crippen LogP) is 2.76. The zero-order valence-corrected chi connectivity index (χ0v) is 8.77. The topological polar surface area (TPSA) is 32.6 Å². The molecule has 1 fully saturated rings. The van der Waals surface area contributed by atoms with E-state index in [0.29, 0.717) is 16.4 Å². The lowest BCUT2D eigenvalue weighted by Gasteiger charge is -2.32. The van der Waals surface area contributed by atoms with Gasteiger partial charge in [0.15, 0.2) is 0 Å². The molecule has 1 rings (SSSR count). The van der Waals surface area contributed by atoms with Gasteiger partial charge in [0, 0.05) is 22.8 Å². The zero-order valence-electron chi connectivity index (χ0n) is 7.95. The lowest BCUT2D eigenvalue weighted by molar-refractivity contribution is 0.312. The van der Waals surface area contributed by atoms with Crippen molar-refractivity contribution in [1.82, 2.24) is 0 Å². The Morgan fingerprint density at radius 1 is 1.58 bits per heavy atom. The fraction of sp³-hybridized carbons (Fsp3) is 0.889. The van der Waals surface area contributed by atoms with Crippen molar-refractivity contribution in [3.8, 4) is 0 Å². The third-order valence-corrected chi connectivity index (χ3v) is 4.24. The second kappa shape index (κ2) is 4.17. The summed E-state index contributed by atoms with van der Waals surface area (Å²) in [7, 11) is 0. The highest BCUT2D eigenvalue weighted by Crippen LogP contribution is 2.35. The molecule has 0 aromatic heterocycles. The van der Waals surface area contributed by atoms with Gasteiger partial charge in [0.05, 0.1) is 5.71 Å². The molecule has 0 radical (unpaired) electrons. The van der Waals surface area contributed by atoms with Crippen LogP contribution in [0.2, 0.25) is 0 Å². The fourth-order valence-corrected chi connectivity index (χ4v) is 3.19. The third kappa shape index (κ3) is 1.94. The Hall–Kier alpha value is -0.180.